The molecule has 7 nitrogen and oxygen atoms in total. The third kappa shape index (κ3) is 4.62. The Morgan fingerprint density at radius 2 is 1.79 bits per heavy atom. The number of nitrogens with zero attached hydrogens (tertiary/aromatic N) is 3. The number of hydrogen-bond donors (Lipinski definition) is 1. The average molecular weight is 443 g/mol. The molecule has 0 aliphatic heterocycles. The first-order valence-electron chi connectivity index (χ1n) is 10.9. The van der Waals surface area contributed by atoms with Gasteiger partial charge in [0.15, 0.2) is 17.5 Å². The molecule has 0 fully saturated rings. The van der Waals surface area contributed by atoms with Crippen molar-refractivity contribution in [3.8, 4) is 17.0 Å². The molecule has 0 aliphatic carbocycles. The van der Waals surface area contributed by atoms with Gasteiger partial charge in [0.1, 0.15) is 0 Å². The van der Waals surface area contributed by atoms with E-state index in [-0.39, 0.29) is 11.7 Å². The van der Waals surface area contributed by atoms with Gasteiger partial charge in [0, 0.05) is 23.9 Å². The normalized spacial score (nSPS) is 11.9. The molecule has 0 saturated carbocycles. The molecule has 1 amide bonds. The van der Waals surface area contributed by atoms with Crippen LogP contribution in [0.15, 0.2) is 60.7 Å². The first kappa shape index (κ1) is 22.2. The Bertz CT molecular complexity index is 1310. The van der Waals surface area contributed by atoms with Gasteiger partial charge in [-0.2, -0.15) is 10.1 Å². The Hall–Kier alpha value is -4.00. The van der Waals surface area contributed by atoms with E-state index in [2.05, 4.69) is 15.4 Å². The number of fused-ring (bicyclic) bond motifs is 1. The van der Waals surface area contributed by atoms with E-state index in [4.69, 9.17) is 4.74 Å². The number of Topliss-reactive ketones (excluding diaryl/α,β-unsaturated/α-hetero) is 1. The van der Waals surface area contributed by atoms with E-state index in [1.54, 1.807) is 31.2 Å². The zero-order valence-corrected chi connectivity index (χ0v) is 19.1. The minimum atomic E-state index is -0.787. The summed E-state index contributed by atoms with van der Waals surface area (Å²) in [4.78, 5) is 28.8. The summed E-state index contributed by atoms with van der Waals surface area (Å²) in [5, 5.41) is 8.41. The topological polar surface area (TPSA) is 86.1 Å². The molecule has 0 unspecified atom stereocenters. The van der Waals surface area contributed by atoms with Crippen LogP contribution >= 0.6 is 0 Å². The lowest BCUT2D eigenvalue weighted by Gasteiger charge is -2.16. The number of ether oxygens (including phenoxy) is 1. The Morgan fingerprint density at radius 3 is 2.42 bits per heavy atom. The van der Waals surface area contributed by atoms with E-state index < -0.39 is 6.10 Å². The minimum absolute atomic E-state index is 0.0261. The Labute approximate surface area is 192 Å². The van der Waals surface area contributed by atoms with Crippen molar-refractivity contribution < 1.29 is 14.3 Å². The number of carbonyl (C=O) groups excluding carboxylic acids is 2. The zero-order valence-electron chi connectivity index (χ0n) is 19.1. The van der Waals surface area contributed by atoms with Crippen LogP contribution < -0.4 is 10.1 Å². The third-order valence-corrected chi connectivity index (χ3v) is 5.46. The van der Waals surface area contributed by atoms with Gasteiger partial charge >= 0.3 is 0 Å². The number of benzene rings is 2. The second kappa shape index (κ2) is 9.24. The molecule has 2 heterocycles. The fourth-order valence-electron chi connectivity index (χ4n) is 3.72. The third-order valence-electron chi connectivity index (χ3n) is 5.46. The van der Waals surface area contributed by atoms with E-state index in [1.807, 2.05) is 54.9 Å². The van der Waals surface area contributed by atoms with Crippen LogP contribution in [0.25, 0.3) is 22.2 Å². The number of aromatic nitrogens is 3. The Kier molecular flexibility index (Phi) is 6.22. The minimum Gasteiger partial charge on any atom is -0.464 e. The maximum Gasteiger partial charge on any atom is 0.265 e. The Morgan fingerprint density at radius 1 is 1.09 bits per heavy atom. The van der Waals surface area contributed by atoms with Gasteiger partial charge < -0.3 is 10.1 Å². The zero-order chi connectivity index (χ0) is 23.5. The molecule has 1 atom stereocenters. The monoisotopic (exact) mass is 442 g/mol. The van der Waals surface area contributed by atoms with Crippen LogP contribution in [0.5, 0.6) is 5.88 Å². The lowest BCUT2D eigenvalue weighted by atomic mass is 10.0. The standard InChI is InChI=1S/C26H26N4O3/c1-5-30-25-24(16(2)29-30)22(20-9-7-6-8-10-20)15-23(28-25)33-18(4)26(32)27-21-13-11-19(12-14-21)17(3)31/h6-15,18H,5H2,1-4H3,(H,27,32)/t18-/m1/s1. The number of aryl methyl sites for hydroxylation is 2. The van der Waals surface area contributed by atoms with Gasteiger partial charge in [-0.25, -0.2) is 4.68 Å². The molecule has 0 aliphatic rings. The SMILES string of the molecule is CCn1nc(C)c2c(-c3ccccc3)cc(O[C@H](C)C(=O)Nc3ccc(C(C)=O)cc3)nc21. The summed E-state index contributed by atoms with van der Waals surface area (Å²) < 4.78 is 7.81. The van der Waals surface area contributed by atoms with Crippen LogP contribution in [0.3, 0.4) is 0 Å². The maximum absolute atomic E-state index is 12.7. The fraction of sp³-hybridized carbons (Fsp3) is 0.231. The number of pyridine rings is 1. The number of carbonyl (C=O) groups is 2. The van der Waals surface area contributed by atoms with Crippen molar-refractivity contribution >= 4 is 28.4 Å². The van der Waals surface area contributed by atoms with Crippen molar-refractivity contribution in [3.05, 3.63) is 71.9 Å². The number of hydrogen-bond acceptors (Lipinski definition) is 5. The average Bonchev–Trinajstić information content (AvgIpc) is 3.15. The van der Waals surface area contributed by atoms with Gasteiger partial charge in [-0.1, -0.05) is 30.3 Å². The van der Waals surface area contributed by atoms with Crippen LogP contribution in [-0.4, -0.2) is 32.6 Å². The molecule has 168 valence electrons. The van der Waals surface area contributed by atoms with E-state index in [1.165, 1.54) is 6.92 Å². The van der Waals surface area contributed by atoms with Crippen LogP contribution in [0.2, 0.25) is 0 Å². The Balaban J connectivity index is 1.62. The molecule has 0 spiro atoms. The lowest BCUT2D eigenvalue weighted by molar-refractivity contribution is -0.122. The second-order valence-corrected chi connectivity index (χ2v) is 7.86. The van der Waals surface area contributed by atoms with Gasteiger partial charge in [0.2, 0.25) is 5.88 Å². The van der Waals surface area contributed by atoms with Crippen LogP contribution in [0.4, 0.5) is 5.69 Å². The highest BCUT2D eigenvalue weighted by atomic mass is 16.5. The number of amides is 1. The van der Waals surface area contributed by atoms with E-state index in [9.17, 15) is 9.59 Å². The quantitative estimate of drug-likeness (QED) is 0.406. The number of ketones is 1. The van der Waals surface area contributed by atoms with Gasteiger partial charge in [0.05, 0.1) is 11.1 Å². The van der Waals surface area contributed by atoms with Gasteiger partial charge in [-0.15, -0.1) is 0 Å². The van der Waals surface area contributed by atoms with E-state index in [0.717, 1.165) is 27.9 Å². The first-order valence-corrected chi connectivity index (χ1v) is 10.9. The van der Waals surface area contributed by atoms with Crippen molar-refractivity contribution in [3.63, 3.8) is 0 Å². The molecule has 1 N–H and O–H groups in total. The summed E-state index contributed by atoms with van der Waals surface area (Å²) >= 11 is 0. The highest BCUT2D eigenvalue weighted by Gasteiger charge is 2.20. The van der Waals surface area contributed by atoms with Crippen LogP contribution in [-0.2, 0) is 11.3 Å². The van der Waals surface area contributed by atoms with Gasteiger partial charge in [0.25, 0.3) is 5.91 Å². The summed E-state index contributed by atoms with van der Waals surface area (Å²) in [5.74, 6) is 0.0151. The number of nitrogens with one attached hydrogen (secondary N) is 1. The molecular formula is C26H26N4O3. The molecule has 4 aromatic rings. The first-order chi connectivity index (χ1) is 15.9. The molecule has 4 rings (SSSR count). The molecule has 2 aromatic heterocycles. The molecule has 0 saturated heterocycles. The predicted molar refractivity (Wildman–Crippen MR) is 129 cm³/mol. The maximum atomic E-state index is 12.7. The van der Waals surface area contributed by atoms with Crippen molar-refractivity contribution in [2.75, 3.05) is 5.32 Å². The van der Waals surface area contributed by atoms with Crippen molar-refractivity contribution in [2.45, 2.75) is 40.3 Å². The van der Waals surface area contributed by atoms with E-state index in [0.29, 0.717) is 23.7 Å². The summed E-state index contributed by atoms with van der Waals surface area (Å²) in [6.07, 6.45) is -0.787. The van der Waals surface area contributed by atoms with Crippen LogP contribution in [0, 0.1) is 6.92 Å². The highest BCUT2D eigenvalue weighted by molar-refractivity contribution is 5.97. The molecule has 0 radical (unpaired) electrons. The lowest BCUT2D eigenvalue weighted by Crippen LogP contribution is -2.30. The van der Waals surface area contributed by atoms with Gasteiger partial charge in [-0.3, -0.25) is 9.59 Å². The number of rotatable bonds is 7. The molecule has 0 bridgehead atoms. The van der Waals surface area contributed by atoms with Crippen molar-refractivity contribution in [1.82, 2.24) is 14.8 Å². The van der Waals surface area contributed by atoms with Crippen LogP contribution in [0.1, 0.15) is 36.8 Å². The van der Waals surface area contributed by atoms with E-state index >= 15 is 0 Å². The second-order valence-electron chi connectivity index (χ2n) is 7.86. The molecule has 2 aromatic carbocycles. The predicted octanol–water partition coefficient (Wildman–Crippen LogP) is 5.04. The summed E-state index contributed by atoms with van der Waals surface area (Å²) in [6, 6.07) is 18.6. The van der Waals surface area contributed by atoms with Gasteiger partial charge in [-0.05, 0) is 63.1 Å². The summed E-state index contributed by atoms with van der Waals surface area (Å²) in [7, 11) is 0. The highest BCUT2D eigenvalue weighted by Crippen LogP contribution is 2.33. The van der Waals surface area contributed by atoms with Crippen molar-refractivity contribution in [2.24, 2.45) is 0 Å². The molecule has 7 heteroatoms. The summed E-state index contributed by atoms with van der Waals surface area (Å²) in [5.41, 5.74) is 4.78. The summed E-state index contributed by atoms with van der Waals surface area (Å²) in [6.45, 7) is 7.83. The molecular weight excluding hydrogens is 416 g/mol. The molecule has 33 heavy (non-hydrogen) atoms. The largest absolute Gasteiger partial charge is 0.464 e. The number of anilines is 1. The fourth-order valence-corrected chi connectivity index (χ4v) is 3.72. The smallest absolute Gasteiger partial charge is 0.265 e. The van der Waals surface area contributed by atoms with Crippen molar-refractivity contribution in [1.29, 1.82) is 0 Å².